The smallest absolute Gasteiger partial charge is 0.223 e. The number of carbonyl (C=O) groups is 1. The molecule has 1 aromatic rings. The summed E-state index contributed by atoms with van der Waals surface area (Å²) >= 11 is 0. The maximum Gasteiger partial charge on any atom is 0.223 e. The number of methoxy groups -OCH3 is 1. The van der Waals surface area contributed by atoms with E-state index in [1.807, 2.05) is 19.9 Å². The van der Waals surface area contributed by atoms with Crippen LogP contribution in [0.4, 0.5) is 0 Å². The molecule has 2 N–H and O–H groups in total. The van der Waals surface area contributed by atoms with Gasteiger partial charge in [-0.05, 0) is 62.5 Å². The van der Waals surface area contributed by atoms with Crippen molar-refractivity contribution in [3.63, 3.8) is 0 Å². The third-order valence-electron chi connectivity index (χ3n) is 4.02. The lowest BCUT2D eigenvalue weighted by Gasteiger charge is -2.22. The van der Waals surface area contributed by atoms with Gasteiger partial charge in [-0.25, -0.2) is 0 Å². The number of piperidine rings is 1. The van der Waals surface area contributed by atoms with Crippen molar-refractivity contribution >= 4 is 5.91 Å². The summed E-state index contributed by atoms with van der Waals surface area (Å²) in [6.45, 7) is 6.56. The van der Waals surface area contributed by atoms with Crippen LogP contribution < -0.4 is 15.4 Å². The second-order valence-corrected chi connectivity index (χ2v) is 5.49. The summed E-state index contributed by atoms with van der Waals surface area (Å²) in [5.41, 5.74) is 3.41. The van der Waals surface area contributed by atoms with Gasteiger partial charge in [-0.2, -0.15) is 0 Å². The van der Waals surface area contributed by atoms with Gasteiger partial charge in [0.2, 0.25) is 5.91 Å². The Labute approximate surface area is 120 Å². The third kappa shape index (κ3) is 3.51. The quantitative estimate of drug-likeness (QED) is 0.883. The molecule has 0 bridgehead atoms. The number of aryl methyl sites for hydroxylation is 2. The van der Waals surface area contributed by atoms with Crippen LogP contribution in [-0.4, -0.2) is 26.1 Å². The first-order valence-corrected chi connectivity index (χ1v) is 7.24. The van der Waals surface area contributed by atoms with E-state index in [9.17, 15) is 4.79 Å². The van der Waals surface area contributed by atoms with Gasteiger partial charge in [0.25, 0.3) is 0 Å². The zero-order chi connectivity index (χ0) is 14.5. The molecule has 1 aliphatic heterocycles. The molecule has 1 aromatic carbocycles. The highest BCUT2D eigenvalue weighted by Gasteiger charge is 2.20. The monoisotopic (exact) mass is 276 g/mol. The van der Waals surface area contributed by atoms with Crippen molar-refractivity contribution in [2.24, 2.45) is 5.92 Å². The normalized spacial score (nSPS) is 15.9. The van der Waals surface area contributed by atoms with Crippen LogP contribution >= 0.6 is 0 Å². The Balaban J connectivity index is 1.96. The predicted octanol–water partition coefficient (Wildman–Crippen LogP) is 1.93. The Hall–Kier alpha value is -1.55. The lowest BCUT2D eigenvalue weighted by molar-refractivity contribution is -0.125. The molecule has 1 saturated heterocycles. The zero-order valence-corrected chi connectivity index (χ0v) is 12.6. The summed E-state index contributed by atoms with van der Waals surface area (Å²) in [4.78, 5) is 12.1. The highest BCUT2D eigenvalue weighted by Crippen LogP contribution is 2.22. The van der Waals surface area contributed by atoms with E-state index in [4.69, 9.17) is 4.74 Å². The first-order valence-electron chi connectivity index (χ1n) is 7.24. The lowest BCUT2D eigenvalue weighted by atomic mass is 9.97. The molecule has 110 valence electrons. The van der Waals surface area contributed by atoms with Crippen LogP contribution in [0.3, 0.4) is 0 Å². The Kier molecular flexibility index (Phi) is 5.01. The van der Waals surface area contributed by atoms with E-state index in [0.29, 0.717) is 6.54 Å². The van der Waals surface area contributed by atoms with E-state index in [-0.39, 0.29) is 11.8 Å². The second-order valence-electron chi connectivity index (χ2n) is 5.49. The van der Waals surface area contributed by atoms with Crippen molar-refractivity contribution in [1.29, 1.82) is 0 Å². The van der Waals surface area contributed by atoms with Crippen LogP contribution in [0.25, 0.3) is 0 Å². The average Bonchev–Trinajstić information content (AvgIpc) is 2.48. The number of amides is 1. The largest absolute Gasteiger partial charge is 0.496 e. The number of ether oxygens (including phenoxy) is 1. The van der Waals surface area contributed by atoms with Crippen LogP contribution in [0.1, 0.15) is 29.5 Å². The van der Waals surface area contributed by atoms with E-state index >= 15 is 0 Å². The standard InChI is InChI=1S/C16H24N2O2/c1-11-9-15(20-3)12(2)8-14(11)10-18-16(19)13-4-6-17-7-5-13/h8-9,13,17H,4-7,10H2,1-3H3,(H,18,19). The van der Waals surface area contributed by atoms with Crippen LogP contribution in [0.5, 0.6) is 5.75 Å². The van der Waals surface area contributed by atoms with Crippen LogP contribution in [0, 0.1) is 19.8 Å². The molecule has 0 aliphatic carbocycles. The molecule has 0 radical (unpaired) electrons. The summed E-state index contributed by atoms with van der Waals surface area (Å²) in [5, 5.41) is 6.35. The summed E-state index contributed by atoms with van der Waals surface area (Å²) in [7, 11) is 1.68. The van der Waals surface area contributed by atoms with Crippen molar-refractivity contribution in [3.8, 4) is 5.75 Å². The molecule has 0 spiro atoms. The van der Waals surface area contributed by atoms with Crippen molar-refractivity contribution in [2.75, 3.05) is 20.2 Å². The summed E-state index contributed by atoms with van der Waals surface area (Å²) < 4.78 is 5.31. The molecule has 1 aliphatic rings. The van der Waals surface area contributed by atoms with E-state index in [0.717, 1.165) is 48.4 Å². The van der Waals surface area contributed by atoms with Crippen LogP contribution in [0.15, 0.2) is 12.1 Å². The van der Waals surface area contributed by atoms with Crippen LogP contribution in [0.2, 0.25) is 0 Å². The van der Waals surface area contributed by atoms with E-state index in [1.54, 1.807) is 7.11 Å². The minimum atomic E-state index is 0.163. The van der Waals surface area contributed by atoms with Gasteiger partial charge in [-0.15, -0.1) is 0 Å². The Morgan fingerprint density at radius 1 is 1.30 bits per heavy atom. The van der Waals surface area contributed by atoms with Gasteiger partial charge in [0, 0.05) is 12.5 Å². The maximum atomic E-state index is 12.1. The fraction of sp³-hybridized carbons (Fsp3) is 0.562. The molecule has 0 unspecified atom stereocenters. The first kappa shape index (κ1) is 14.9. The fourth-order valence-corrected chi connectivity index (χ4v) is 2.67. The predicted molar refractivity (Wildman–Crippen MR) is 79.9 cm³/mol. The van der Waals surface area contributed by atoms with Gasteiger partial charge in [0.1, 0.15) is 5.75 Å². The summed E-state index contributed by atoms with van der Waals surface area (Å²) in [6, 6.07) is 4.12. The van der Waals surface area contributed by atoms with E-state index in [2.05, 4.69) is 16.7 Å². The fourth-order valence-electron chi connectivity index (χ4n) is 2.67. The molecule has 1 fully saturated rings. The van der Waals surface area contributed by atoms with Crippen molar-refractivity contribution in [1.82, 2.24) is 10.6 Å². The number of rotatable bonds is 4. The molecule has 0 aromatic heterocycles. The van der Waals surface area contributed by atoms with E-state index < -0.39 is 0 Å². The molecule has 20 heavy (non-hydrogen) atoms. The molecule has 1 heterocycles. The number of hydrogen-bond acceptors (Lipinski definition) is 3. The Bertz CT molecular complexity index is 480. The first-order chi connectivity index (χ1) is 9.61. The molecule has 1 amide bonds. The van der Waals surface area contributed by atoms with Gasteiger partial charge in [-0.3, -0.25) is 4.79 Å². The Morgan fingerprint density at radius 3 is 2.65 bits per heavy atom. The van der Waals surface area contributed by atoms with Crippen LogP contribution in [-0.2, 0) is 11.3 Å². The zero-order valence-electron chi connectivity index (χ0n) is 12.6. The highest BCUT2D eigenvalue weighted by molar-refractivity contribution is 5.78. The van der Waals surface area contributed by atoms with Gasteiger partial charge in [0.15, 0.2) is 0 Å². The summed E-state index contributed by atoms with van der Waals surface area (Å²) in [5.74, 6) is 1.24. The molecule has 4 nitrogen and oxygen atoms in total. The van der Waals surface area contributed by atoms with E-state index in [1.165, 1.54) is 0 Å². The molecule has 4 heteroatoms. The molecule has 2 rings (SSSR count). The number of benzene rings is 1. The third-order valence-corrected chi connectivity index (χ3v) is 4.02. The molecule has 0 saturated carbocycles. The lowest BCUT2D eigenvalue weighted by Crippen LogP contribution is -2.37. The SMILES string of the molecule is COc1cc(C)c(CNC(=O)C2CCNCC2)cc1C. The van der Waals surface area contributed by atoms with Gasteiger partial charge >= 0.3 is 0 Å². The average molecular weight is 276 g/mol. The summed E-state index contributed by atoms with van der Waals surface area (Å²) in [6.07, 6.45) is 1.87. The second kappa shape index (κ2) is 6.75. The molecular formula is C16H24N2O2. The van der Waals surface area contributed by atoms with Crippen molar-refractivity contribution in [3.05, 3.63) is 28.8 Å². The number of carbonyl (C=O) groups excluding carboxylic acids is 1. The number of nitrogens with one attached hydrogen (secondary N) is 2. The van der Waals surface area contributed by atoms with Gasteiger partial charge in [0.05, 0.1) is 7.11 Å². The minimum absolute atomic E-state index is 0.163. The van der Waals surface area contributed by atoms with Crippen molar-refractivity contribution in [2.45, 2.75) is 33.2 Å². The van der Waals surface area contributed by atoms with Crippen molar-refractivity contribution < 1.29 is 9.53 Å². The number of hydrogen-bond donors (Lipinski definition) is 2. The highest BCUT2D eigenvalue weighted by atomic mass is 16.5. The van der Waals surface area contributed by atoms with Gasteiger partial charge in [-0.1, -0.05) is 6.07 Å². The molecular weight excluding hydrogens is 252 g/mol. The van der Waals surface area contributed by atoms with Gasteiger partial charge < -0.3 is 15.4 Å². The molecule has 0 atom stereocenters. The maximum absolute atomic E-state index is 12.1. The Morgan fingerprint density at radius 2 is 2.00 bits per heavy atom. The minimum Gasteiger partial charge on any atom is -0.496 e. The topological polar surface area (TPSA) is 50.4 Å².